The molecule has 3 unspecified atom stereocenters. The lowest BCUT2D eigenvalue weighted by atomic mass is 9.93. The first-order chi connectivity index (χ1) is 10.6. The van der Waals surface area contributed by atoms with E-state index in [-0.39, 0.29) is 30.5 Å². The Morgan fingerprint density at radius 3 is 2.57 bits per heavy atom. The molecule has 0 aromatic heterocycles. The Bertz CT molecular complexity index is 442. The van der Waals surface area contributed by atoms with Gasteiger partial charge in [0.1, 0.15) is 11.7 Å². The van der Waals surface area contributed by atoms with Crippen LogP contribution in [0.1, 0.15) is 59.8 Å². The number of rotatable bonds is 7. The quantitative estimate of drug-likeness (QED) is 0.696. The highest BCUT2D eigenvalue weighted by Crippen LogP contribution is 2.23. The van der Waals surface area contributed by atoms with Crippen LogP contribution in [0.5, 0.6) is 0 Å². The third-order valence-corrected chi connectivity index (χ3v) is 3.57. The molecule has 0 spiro atoms. The molecular weight excluding hydrogens is 302 g/mol. The second-order valence-corrected chi connectivity index (χ2v) is 7.09. The van der Waals surface area contributed by atoms with Crippen molar-refractivity contribution in [1.82, 2.24) is 5.32 Å². The zero-order valence-corrected chi connectivity index (χ0v) is 14.3. The number of nitrogens with one attached hydrogen (secondary N) is 1. The molecule has 7 heteroatoms. The Hall–Kier alpha value is -1.79. The van der Waals surface area contributed by atoms with Crippen molar-refractivity contribution in [3.05, 3.63) is 0 Å². The van der Waals surface area contributed by atoms with Crippen LogP contribution >= 0.6 is 0 Å². The number of alkyl carbamates (subject to hydrolysis) is 1. The van der Waals surface area contributed by atoms with E-state index in [0.29, 0.717) is 25.7 Å². The minimum atomic E-state index is -0.846. The fourth-order valence-electron chi connectivity index (χ4n) is 2.51. The summed E-state index contributed by atoms with van der Waals surface area (Å²) in [6.45, 7) is 7.23. The zero-order chi connectivity index (χ0) is 17.6. The van der Waals surface area contributed by atoms with Gasteiger partial charge >= 0.3 is 18.0 Å². The summed E-state index contributed by atoms with van der Waals surface area (Å²) >= 11 is 0. The molecule has 1 fully saturated rings. The van der Waals surface area contributed by atoms with Crippen molar-refractivity contribution in [2.75, 3.05) is 0 Å². The van der Waals surface area contributed by atoms with E-state index in [9.17, 15) is 14.4 Å². The van der Waals surface area contributed by atoms with Crippen LogP contribution in [0.4, 0.5) is 4.79 Å². The fraction of sp³-hybridized carbons (Fsp3) is 0.812. The third-order valence-electron chi connectivity index (χ3n) is 3.57. The van der Waals surface area contributed by atoms with E-state index in [2.05, 4.69) is 5.32 Å². The molecule has 0 radical (unpaired) electrons. The SMILES string of the molecule is CC(CCC(=O)O)CC(NC(=O)OC(C)(C)C)C1CCC(=O)O1. The normalized spacial score (nSPS) is 20.5. The van der Waals surface area contributed by atoms with Crippen LogP contribution in [0, 0.1) is 5.92 Å². The van der Waals surface area contributed by atoms with E-state index in [1.807, 2.05) is 6.92 Å². The Balaban J connectivity index is 2.63. The van der Waals surface area contributed by atoms with Crippen LogP contribution in [0.15, 0.2) is 0 Å². The van der Waals surface area contributed by atoms with Crippen LogP contribution in [0.2, 0.25) is 0 Å². The van der Waals surface area contributed by atoms with Gasteiger partial charge in [-0.15, -0.1) is 0 Å². The topological polar surface area (TPSA) is 102 Å². The maximum atomic E-state index is 12.0. The maximum Gasteiger partial charge on any atom is 0.408 e. The molecule has 0 aliphatic carbocycles. The van der Waals surface area contributed by atoms with Gasteiger partial charge in [-0.25, -0.2) is 4.79 Å². The van der Waals surface area contributed by atoms with Gasteiger partial charge < -0.3 is 19.9 Å². The van der Waals surface area contributed by atoms with Crippen molar-refractivity contribution in [1.29, 1.82) is 0 Å². The molecule has 3 atom stereocenters. The van der Waals surface area contributed by atoms with Crippen LogP contribution in [-0.2, 0) is 19.1 Å². The molecule has 7 nitrogen and oxygen atoms in total. The number of esters is 1. The molecule has 0 bridgehead atoms. The molecule has 1 saturated heterocycles. The molecule has 0 aromatic rings. The highest BCUT2D eigenvalue weighted by molar-refractivity contribution is 5.72. The predicted octanol–water partition coefficient (Wildman–Crippen LogP) is 2.48. The van der Waals surface area contributed by atoms with Gasteiger partial charge in [-0.1, -0.05) is 6.92 Å². The number of ether oxygens (including phenoxy) is 2. The van der Waals surface area contributed by atoms with Gasteiger partial charge in [-0.2, -0.15) is 0 Å². The lowest BCUT2D eigenvalue weighted by Gasteiger charge is -2.28. The largest absolute Gasteiger partial charge is 0.481 e. The number of hydrogen-bond donors (Lipinski definition) is 2. The highest BCUT2D eigenvalue weighted by atomic mass is 16.6. The van der Waals surface area contributed by atoms with Gasteiger partial charge in [0.25, 0.3) is 0 Å². The van der Waals surface area contributed by atoms with Crippen molar-refractivity contribution >= 4 is 18.0 Å². The number of hydrogen-bond acceptors (Lipinski definition) is 5. The van der Waals surface area contributed by atoms with Crippen LogP contribution in [-0.4, -0.2) is 40.9 Å². The number of carbonyl (C=O) groups excluding carboxylic acids is 2. The Morgan fingerprint density at radius 2 is 2.09 bits per heavy atom. The summed E-state index contributed by atoms with van der Waals surface area (Å²) in [5, 5.41) is 11.5. The summed E-state index contributed by atoms with van der Waals surface area (Å²) in [6.07, 6.45) is 1.04. The van der Waals surface area contributed by atoms with Gasteiger partial charge in [0.15, 0.2) is 0 Å². The van der Waals surface area contributed by atoms with Gasteiger partial charge in [0.2, 0.25) is 0 Å². The summed E-state index contributed by atoms with van der Waals surface area (Å²) in [4.78, 5) is 34.0. The molecular formula is C16H27NO6. The molecule has 1 amide bonds. The average molecular weight is 329 g/mol. The van der Waals surface area contributed by atoms with Crippen molar-refractivity contribution in [2.45, 2.75) is 77.5 Å². The first-order valence-corrected chi connectivity index (χ1v) is 7.97. The molecule has 1 aliphatic heterocycles. The van der Waals surface area contributed by atoms with E-state index in [1.165, 1.54) is 0 Å². The molecule has 2 N–H and O–H groups in total. The molecule has 132 valence electrons. The van der Waals surface area contributed by atoms with E-state index in [4.69, 9.17) is 14.6 Å². The van der Waals surface area contributed by atoms with E-state index >= 15 is 0 Å². The molecule has 23 heavy (non-hydrogen) atoms. The Morgan fingerprint density at radius 1 is 1.43 bits per heavy atom. The van der Waals surface area contributed by atoms with Crippen molar-refractivity contribution in [3.8, 4) is 0 Å². The number of carboxylic acids is 1. The Labute approximate surface area is 136 Å². The van der Waals surface area contributed by atoms with E-state index < -0.39 is 17.7 Å². The molecule has 0 saturated carbocycles. The molecule has 1 rings (SSSR count). The smallest absolute Gasteiger partial charge is 0.408 e. The van der Waals surface area contributed by atoms with E-state index in [0.717, 1.165) is 0 Å². The lowest BCUT2D eigenvalue weighted by Crippen LogP contribution is -2.46. The van der Waals surface area contributed by atoms with Crippen molar-refractivity contribution < 1.29 is 29.0 Å². The van der Waals surface area contributed by atoms with Gasteiger partial charge in [-0.3, -0.25) is 9.59 Å². The molecule has 1 heterocycles. The monoisotopic (exact) mass is 329 g/mol. The molecule has 1 aliphatic rings. The number of aliphatic carboxylic acids is 1. The summed E-state index contributed by atoms with van der Waals surface area (Å²) in [7, 11) is 0. The first kappa shape index (κ1) is 19.3. The zero-order valence-electron chi connectivity index (χ0n) is 14.3. The van der Waals surface area contributed by atoms with Crippen molar-refractivity contribution in [3.63, 3.8) is 0 Å². The highest BCUT2D eigenvalue weighted by Gasteiger charge is 2.34. The standard InChI is InChI=1S/C16H27NO6/c1-10(5-7-13(18)19)9-11(12-6-8-14(20)22-12)17-15(21)23-16(2,3)4/h10-12H,5-9H2,1-4H3,(H,17,21)(H,18,19). The van der Waals surface area contributed by atoms with Gasteiger partial charge in [0, 0.05) is 12.8 Å². The maximum absolute atomic E-state index is 12.0. The van der Waals surface area contributed by atoms with Crippen LogP contribution < -0.4 is 5.32 Å². The summed E-state index contributed by atoms with van der Waals surface area (Å²) in [5.41, 5.74) is -0.615. The predicted molar refractivity (Wildman–Crippen MR) is 82.9 cm³/mol. The second-order valence-electron chi connectivity index (χ2n) is 7.09. The minimum Gasteiger partial charge on any atom is -0.481 e. The number of carboxylic acid groups (broad SMARTS) is 1. The minimum absolute atomic E-state index is 0.0742. The first-order valence-electron chi connectivity index (χ1n) is 7.97. The fourth-order valence-corrected chi connectivity index (χ4v) is 2.51. The van der Waals surface area contributed by atoms with Crippen molar-refractivity contribution in [2.24, 2.45) is 5.92 Å². The van der Waals surface area contributed by atoms with Gasteiger partial charge in [0.05, 0.1) is 6.04 Å². The number of amides is 1. The third kappa shape index (κ3) is 7.85. The van der Waals surface area contributed by atoms with Crippen LogP contribution in [0.3, 0.4) is 0 Å². The summed E-state index contributed by atoms with van der Waals surface area (Å²) in [6, 6.07) is -0.375. The lowest BCUT2D eigenvalue weighted by molar-refractivity contribution is -0.142. The second kappa shape index (κ2) is 8.17. The number of cyclic esters (lactones) is 1. The number of carbonyl (C=O) groups is 3. The van der Waals surface area contributed by atoms with E-state index in [1.54, 1.807) is 20.8 Å². The Kier molecular flexibility index (Phi) is 6.84. The average Bonchev–Trinajstić information content (AvgIpc) is 2.80. The van der Waals surface area contributed by atoms with Crippen LogP contribution in [0.25, 0.3) is 0 Å². The molecule has 0 aromatic carbocycles. The summed E-state index contributed by atoms with van der Waals surface area (Å²) in [5.74, 6) is -1.05. The van der Waals surface area contributed by atoms with Gasteiger partial charge in [-0.05, 0) is 46.0 Å². The summed E-state index contributed by atoms with van der Waals surface area (Å²) < 4.78 is 10.5.